The van der Waals surface area contributed by atoms with Gasteiger partial charge in [-0.15, -0.1) is 10.2 Å². The number of anilines is 1. The maximum absolute atomic E-state index is 12.6. The van der Waals surface area contributed by atoms with E-state index in [1.165, 1.54) is 6.07 Å². The van der Waals surface area contributed by atoms with E-state index in [4.69, 9.17) is 0 Å². The second kappa shape index (κ2) is 8.10. The Morgan fingerprint density at radius 3 is 2.41 bits per heavy atom. The van der Waals surface area contributed by atoms with Gasteiger partial charge in [-0.25, -0.2) is 4.68 Å². The monoisotopic (exact) mass is 408 g/mol. The van der Waals surface area contributed by atoms with E-state index in [2.05, 4.69) is 20.2 Å². The minimum Gasteiger partial charge on any atom is -0.353 e. The molecule has 7 nitrogen and oxygen atoms in total. The van der Waals surface area contributed by atoms with Gasteiger partial charge in [0.05, 0.1) is 12.2 Å². The summed E-state index contributed by atoms with van der Waals surface area (Å²) in [5.74, 6) is 0.449. The highest BCUT2D eigenvalue weighted by atomic mass is 19.4. The number of piperazine rings is 1. The first-order valence-corrected chi connectivity index (χ1v) is 9.88. The number of aryl methyl sites for hydroxylation is 2. The summed E-state index contributed by atoms with van der Waals surface area (Å²) in [6.07, 6.45) is -0.374. The van der Waals surface area contributed by atoms with Crippen LogP contribution in [0.15, 0.2) is 23.0 Å². The predicted molar refractivity (Wildman–Crippen MR) is 101 cm³/mol. The molecule has 10 heteroatoms. The van der Waals surface area contributed by atoms with Gasteiger partial charge in [0.1, 0.15) is 0 Å². The summed E-state index contributed by atoms with van der Waals surface area (Å²) in [6.45, 7) is 4.01. The summed E-state index contributed by atoms with van der Waals surface area (Å²) in [7, 11) is 0. The Labute approximate surface area is 166 Å². The molecule has 0 saturated carbocycles. The molecule has 0 aromatic carbocycles. The van der Waals surface area contributed by atoms with E-state index >= 15 is 0 Å². The molecule has 29 heavy (non-hydrogen) atoms. The van der Waals surface area contributed by atoms with Crippen LogP contribution in [0.2, 0.25) is 0 Å². The van der Waals surface area contributed by atoms with Crippen LogP contribution >= 0.6 is 0 Å². The highest BCUT2D eigenvalue weighted by Crippen LogP contribution is 2.27. The molecule has 0 unspecified atom stereocenters. The van der Waals surface area contributed by atoms with Gasteiger partial charge in [-0.1, -0.05) is 0 Å². The highest BCUT2D eigenvalue weighted by molar-refractivity contribution is 5.38. The van der Waals surface area contributed by atoms with Crippen LogP contribution in [0.1, 0.15) is 29.8 Å². The fourth-order valence-corrected chi connectivity index (χ4v) is 3.84. The smallest absolute Gasteiger partial charge is 0.353 e. The molecule has 2 aliphatic rings. The molecule has 0 N–H and O–H groups in total. The zero-order chi connectivity index (χ0) is 20.4. The van der Waals surface area contributed by atoms with Crippen molar-refractivity contribution in [2.24, 2.45) is 0 Å². The maximum atomic E-state index is 12.6. The van der Waals surface area contributed by atoms with Crippen LogP contribution < -0.4 is 10.5 Å². The molecule has 3 heterocycles. The summed E-state index contributed by atoms with van der Waals surface area (Å²) in [5.41, 5.74) is 1.09. The molecule has 0 spiro atoms. The number of rotatable bonds is 4. The fraction of sp³-hybridized carbons (Fsp3) is 0.579. The van der Waals surface area contributed by atoms with Crippen molar-refractivity contribution in [1.29, 1.82) is 0 Å². The first kappa shape index (κ1) is 19.8. The fourth-order valence-electron chi connectivity index (χ4n) is 3.84. The molecule has 1 aliphatic heterocycles. The largest absolute Gasteiger partial charge is 0.435 e. The number of halogens is 3. The molecule has 156 valence electrons. The summed E-state index contributed by atoms with van der Waals surface area (Å²) in [6, 6.07) is 4.05. The van der Waals surface area contributed by atoms with Gasteiger partial charge >= 0.3 is 6.18 Å². The van der Waals surface area contributed by atoms with Crippen LogP contribution in [0.3, 0.4) is 0 Å². The van der Waals surface area contributed by atoms with E-state index in [1.54, 1.807) is 10.7 Å². The number of fused-ring (bicyclic) bond motifs is 1. The van der Waals surface area contributed by atoms with Crippen LogP contribution in [0.4, 0.5) is 19.0 Å². The van der Waals surface area contributed by atoms with Gasteiger partial charge in [0.25, 0.3) is 5.56 Å². The van der Waals surface area contributed by atoms with Gasteiger partial charge in [0.15, 0.2) is 11.5 Å². The van der Waals surface area contributed by atoms with Crippen molar-refractivity contribution in [3.63, 3.8) is 0 Å². The quantitative estimate of drug-likeness (QED) is 0.768. The minimum atomic E-state index is -4.48. The molecular formula is C19H23F3N6O. The second-order valence-corrected chi connectivity index (χ2v) is 7.49. The Morgan fingerprint density at radius 2 is 1.72 bits per heavy atom. The minimum absolute atomic E-state index is 0.0516. The average Bonchev–Trinajstić information content (AvgIpc) is 2.72. The SMILES string of the molecule is O=c1cc2c(nn1CCN1CCN(c3ccc(C(F)(F)F)nn3)CC1)CCCC2. The standard InChI is InChI=1S/C19H23F3N6O/c20-19(21,22)16-5-6-17(24-23-16)27-10-7-26(8-11-27)9-12-28-18(29)13-14-3-1-2-4-15(14)25-28/h5-6,13H,1-4,7-12H2. The van der Waals surface area contributed by atoms with Crippen molar-refractivity contribution in [3.05, 3.63) is 45.5 Å². The Kier molecular flexibility index (Phi) is 5.53. The summed E-state index contributed by atoms with van der Waals surface area (Å²) in [4.78, 5) is 16.4. The van der Waals surface area contributed by atoms with E-state index in [0.717, 1.165) is 56.1 Å². The maximum Gasteiger partial charge on any atom is 0.435 e. The van der Waals surface area contributed by atoms with Crippen molar-refractivity contribution >= 4 is 5.82 Å². The van der Waals surface area contributed by atoms with Gasteiger partial charge in [0, 0.05) is 38.8 Å². The highest BCUT2D eigenvalue weighted by Gasteiger charge is 2.33. The van der Waals surface area contributed by atoms with Gasteiger partial charge < -0.3 is 4.90 Å². The average molecular weight is 408 g/mol. The third-order valence-corrected chi connectivity index (χ3v) is 5.54. The van der Waals surface area contributed by atoms with E-state index < -0.39 is 11.9 Å². The molecule has 0 atom stereocenters. The third-order valence-electron chi connectivity index (χ3n) is 5.54. The van der Waals surface area contributed by atoms with Crippen molar-refractivity contribution in [2.45, 2.75) is 38.4 Å². The zero-order valence-electron chi connectivity index (χ0n) is 16.0. The molecule has 0 amide bonds. The molecule has 0 bridgehead atoms. The van der Waals surface area contributed by atoms with E-state index in [1.807, 2.05) is 4.90 Å². The lowest BCUT2D eigenvalue weighted by atomic mass is 9.97. The van der Waals surface area contributed by atoms with Crippen LogP contribution in [0.5, 0.6) is 0 Å². The molecule has 2 aromatic heterocycles. The van der Waals surface area contributed by atoms with Gasteiger partial charge in [-0.05, 0) is 43.4 Å². The van der Waals surface area contributed by atoms with Crippen molar-refractivity contribution < 1.29 is 13.2 Å². The van der Waals surface area contributed by atoms with Crippen LogP contribution in [0.25, 0.3) is 0 Å². The Balaban J connectivity index is 1.31. The lowest BCUT2D eigenvalue weighted by Gasteiger charge is -2.35. The molecule has 1 saturated heterocycles. The zero-order valence-corrected chi connectivity index (χ0v) is 16.0. The Bertz CT molecular complexity index is 904. The normalized spacial score (nSPS) is 18.0. The molecule has 1 aliphatic carbocycles. The van der Waals surface area contributed by atoms with Crippen LogP contribution in [-0.4, -0.2) is 57.6 Å². The van der Waals surface area contributed by atoms with E-state index in [0.29, 0.717) is 32.0 Å². The molecule has 2 aromatic rings. The molecule has 1 fully saturated rings. The van der Waals surface area contributed by atoms with Gasteiger partial charge in [-0.2, -0.15) is 18.3 Å². The predicted octanol–water partition coefficient (Wildman–Crippen LogP) is 1.75. The number of aromatic nitrogens is 4. The number of alkyl halides is 3. The van der Waals surface area contributed by atoms with Crippen molar-refractivity contribution in [1.82, 2.24) is 24.9 Å². The van der Waals surface area contributed by atoms with Crippen molar-refractivity contribution in [3.8, 4) is 0 Å². The van der Waals surface area contributed by atoms with E-state index in [-0.39, 0.29) is 5.56 Å². The van der Waals surface area contributed by atoms with Crippen LogP contribution in [-0.2, 0) is 25.6 Å². The van der Waals surface area contributed by atoms with E-state index in [9.17, 15) is 18.0 Å². The Morgan fingerprint density at radius 1 is 0.966 bits per heavy atom. The summed E-state index contributed by atoms with van der Waals surface area (Å²) < 4.78 is 39.4. The van der Waals surface area contributed by atoms with Crippen LogP contribution in [0, 0.1) is 0 Å². The lowest BCUT2D eigenvalue weighted by Crippen LogP contribution is -2.48. The lowest BCUT2D eigenvalue weighted by molar-refractivity contribution is -0.141. The molecular weight excluding hydrogens is 385 g/mol. The first-order valence-electron chi connectivity index (χ1n) is 9.88. The molecule has 4 rings (SSSR count). The Hall–Kier alpha value is -2.49. The topological polar surface area (TPSA) is 67.2 Å². The first-order chi connectivity index (χ1) is 13.9. The summed E-state index contributed by atoms with van der Waals surface area (Å²) in [5, 5.41) is 11.6. The number of nitrogens with zero attached hydrogens (tertiary/aromatic N) is 6. The third kappa shape index (κ3) is 4.58. The number of hydrogen-bond acceptors (Lipinski definition) is 6. The second-order valence-electron chi connectivity index (χ2n) is 7.49. The number of hydrogen-bond donors (Lipinski definition) is 0. The van der Waals surface area contributed by atoms with Crippen molar-refractivity contribution in [2.75, 3.05) is 37.6 Å². The summed E-state index contributed by atoms with van der Waals surface area (Å²) >= 11 is 0. The van der Waals surface area contributed by atoms with Gasteiger partial charge in [0.2, 0.25) is 0 Å². The van der Waals surface area contributed by atoms with Gasteiger partial charge in [-0.3, -0.25) is 9.69 Å². The molecule has 0 radical (unpaired) electrons.